The number of carbonyl (C=O) groups is 2. The number of rotatable bonds is 7. The maximum absolute atomic E-state index is 12.4. The van der Waals surface area contributed by atoms with Gasteiger partial charge in [0.1, 0.15) is 16.7 Å². The van der Waals surface area contributed by atoms with Crippen molar-refractivity contribution in [2.45, 2.75) is 11.7 Å². The first-order valence-electron chi connectivity index (χ1n) is 9.65. The summed E-state index contributed by atoms with van der Waals surface area (Å²) in [5.74, 6) is 0.923. The number of ether oxygens (including phenoxy) is 1. The second-order valence-corrected chi connectivity index (χ2v) is 7.87. The minimum Gasteiger partial charge on any atom is -0.457 e. The van der Waals surface area contributed by atoms with Crippen molar-refractivity contribution < 1.29 is 14.3 Å². The summed E-state index contributed by atoms with van der Waals surface area (Å²) < 4.78 is 5.74. The first-order chi connectivity index (χ1) is 15.2. The number of nitrogens with one attached hydrogen (secondary N) is 3. The van der Waals surface area contributed by atoms with Crippen molar-refractivity contribution in [2.24, 2.45) is 5.10 Å². The Morgan fingerprint density at radius 1 is 0.903 bits per heavy atom. The molecule has 1 unspecified atom stereocenters. The van der Waals surface area contributed by atoms with E-state index >= 15 is 0 Å². The van der Waals surface area contributed by atoms with Crippen LogP contribution in [-0.4, -0.2) is 22.2 Å². The van der Waals surface area contributed by atoms with Crippen molar-refractivity contribution in [1.29, 1.82) is 0 Å². The van der Waals surface area contributed by atoms with E-state index in [-0.39, 0.29) is 18.2 Å². The zero-order valence-corrected chi connectivity index (χ0v) is 17.3. The summed E-state index contributed by atoms with van der Waals surface area (Å²) in [5.41, 5.74) is 4.33. The van der Waals surface area contributed by atoms with Crippen molar-refractivity contribution in [1.82, 2.24) is 5.32 Å². The van der Waals surface area contributed by atoms with Gasteiger partial charge in [-0.25, -0.2) is 0 Å². The van der Waals surface area contributed by atoms with Crippen LogP contribution >= 0.6 is 11.8 Å². The normalized spacial score (nSPS) is 16.6. The number of benzene rings is 3. The molecular formula is C23H20N4O3S. The van der Waals surface area contributed by atoms with Gasteiger partial charge >= 0.3 is 0 Å². The Morgan fingerprint density at radius 3 is 2.26 bits per heavy atom. The minimum absolute atomic E-state index is 0.0448. The number of hydrogen-bond acceptors (Lipinski definition) is 6. The first kappa shape index (κ1) is 20.5. The van der Waals surface area contributed by atoms with Gasteiger partial charge in [-0.3, -0.25) is 15.0 Å². The van der Waals surface area contributed by atoms with Gasteiger partial charge < -0.3 is 15.4 Å². The summed E-state index contributed by atoms with van der Waals surface area (Å²) in [4.78, 5) is 24.5. The number of hydrazone groups is 1. The summed E-state index contributed by atoms with van der Waals surface area (Å²) in [6.07, 6.45) is 0.0448. The quantitative estimate of drug-likeness (QED) is 0.481. The molecule has 3 aromatic rings. The van der Waals surface area contributed by atoms with Crippen molar-refractivity contribution in [2.75, 3.05) is 10.7 Å². The van der Waals surface area contributed by atoms with Gasteiger partial charge in [0.2, 0.25) is 11.8 Å². The lowest BCUT2D eigenvalue weighted by atomic mass is 10.2. The molecule has 1 atom stereocenters. The lowest BCUT2D eigenvalue weighted by Gasteiger charge is -2.09. The summed E-state index contributed by atoms with van der Waals surface area (Å²) in [6, 6.07) is 25.9. The highest BCUT2D eigenvalue weighted by molar-refractivity contribution is 8.15. The zero-order chi connectivity index (χ0) is 21.5. The summed E-state index contributed by atoms with van der Waals surface area (Å²) >= 11 is 1.23. The fraction of sp³-hybridized carbons (Fsp3) is 0.0870. The number of amides is 2. The molecule has 0 aliphatic carbocycles. The van der Waals surface area contributed by atoms with Crippen molar-refractivity contribution in [3.05, 3.63) is 84.9 Å². The van der Waals surface area contributed by atoms with Gasteiger partial charge in [-0.05, 0) is 48.5 Å². The van der Waals surface area contributed by atoms with Gasteiger partial charge in [0.25, 0.3) is 0 Å². The molecule has 0 bridgehead atoms. The van der Waals surface area contributed by atoms with Gasteiger partial charge in [0.15, 0.2) is 5.17 Å². The molecular weight excluding hydrogens is 412 g/mol. The number of hydrogen-bond donors (Lipinski definition) is 3. The van der Waals surface area contributed by atoms with Crippen molar-refractivity contribution >= 4 is 40.1 Å². The summed E-state index contributed by atoms with van der Waals surface area (Å²) in [6.45, 7) is 0. The molecule has 2 amide bonds. The highest BCUT2D eigenvalue weighted by Crippen LogP contribution is 2.25. The number of amidine groups is 1. The van der Waals surface area contributed by atoms with Gasteiger partial charge in [-0.2, -0.15) is 0 Å². The van der Waals surface area contributed by atoms with E-state index in [1.807, 2.05) is 60.7 Å². The molecule has 8 heteroatoms. The molecule has 1 aliphatic heterocycles. The Kier molecular flexibility index (Phi) is 6.49. The molecule has 3 aromatic carbocycles. The van der Waals surface area contributed by atoms with E-state index in [9.17, 15) is 9.59 Å². The molecule has 7 nitrogen and oxygen atoms in total. The van der Waals surface area contributed by atoms with Crippen LogP contribution in [0.25, 0.3) is 0 Å². The Bertz CT molecular complexity index is 1070. The van der Waals surface area contributed by atoms with Gasteiger partial charge in [-0.15, -0.1) is 5.10 Å². The third-order valence-electron chi connectivity index (χ3n) is 4.32. The van der Waals surface area contributed by atoms with E-state index in [1.165, 1.54) is 11.8 Å². The molecule has 156 valence electrons. The summed E-state index contributed by atoms with van der Waals surface area (Å²) in [5, 5.41) is 9.59. The maximum Gasteiger partial charge on any atom is 0.240 e. The van der Waals surface area contributed by atoms with E-state index in [4.69, 9.17) is 4.74 Å². The second-order valence-electron chi connectivity index (χ2n) is 6.68. The molecule has 1 heterocycles. The Hall–Kier alpha value is -3.78. The van der Waals surface area contributed by atoms with Crippen LogP contribution in [0.2, 0.25) is 0 Å². The average molecular weight is 433 g/mol. The van der Waals surface area contributed by atoms with Gasteiger partial charge in [0.05, 0.1) is 5.69 Å². The van der Waals surface area contributed by atoms with Gasteiger partial charge in [-0.1, -0.05) is 48.2 Å². The zero-order valence-electron chi connectivity index (χ0n) is 16.4. The number of carbonyl (C=O) groups excluding carboxylic acids is 2. The lowest BCUT2D eigenvalue weighted by Crippen LogP contribution is -2.28. The molecule has 0 saturated carbocycles. The Balaban J connectivity index is 1.28. The highest BCUT2D eigenvalue weighted by Gasteiger charge is 2.32. The molecule has 1 fully saturated rings. The van der Waals surface area contributed by atoms with E-state index in [2.05, 4.69) is 21.2 Å². The molecule has 0 radical (unpaired) electrons. The third-order valence-corrected chi connectivity index (χ3v) is 5.41. The van der Waals surface area contributed by atoms with Crippen LogP contribution in [-0.2, 0) is 9.59 Å². The fourth-order valence-corrected chi connectivity index (χ4v) is 3.76. The predicted molar refractivity (Wildman–Crippen MR) is 123 cm³/mol. The molecule has 3 N–H and O–H groups in total. The lowest BCUT2D eigenvalue weighted by molar-refractivity contribution is -0.122. The largest absolute Gasteiger partial charge is 0.457 e. The number of anilines is 2. The number of para-hydroxylation sites is 2. The van der Waals surface area contributed by atoms with E-state index in [0.717, 1.165) is 11.4 Å². The van der Waals surface area contributed by atoms with Crippen molar-refractivity contribution in [3.63, 3.8) is 0 Å². The molecule has 1 saturated heterocycles. The third kappa shape index (κ3) is 5.86. The van der Waals surface area contributed by atoms with Crippen LogP contribution in [0, 0.1) is 0 Å². The van der Waals surface area contributed by atoms with Crippen LogP contribution in [0.3, 0.4) is 0 Å². The van der Waals surface area contributed by atoms with E-state index in [0.29, 0.717) is 16.6 Å². The van der Waals surface area contributed by atoms with Gasteiger partial charge in [0, 0.05) is 12.1 Å². The van der Waals surface area contributed by atoms with E-state index < -0.39 is 5.25 Å². The highest BCUT2D eigenvalue weighted by atomic mass is 32.2. The maximum atomic E-state index is 12.4. The molecule has 4 rings (SSSR count). The smallest absolute Gasteiger partial charge is 0.240 e. The summed E-state index contributed by atoms with van der Waals surface area (Å²) in [7, 11) is 0. The fourth-order valence-electron chi connectivity index (χ4n) is 2.83. The SMILES string of the molecule is O=C(CC1S/C(=N\Nc2ccccc2)NC1=O)Nc1ccc(Oc2ccccc2)cc1. The standard InChI is InChI=1S/C23H20N4O3S/c28-21(24-16-11-13-19(14-12-16)30-18-9-5-2-6-10-18)15-20-22(29)25-23(31-20)27-26-17-7-3-1-4-8-17/h1-14,20,26H,15H2,(H,24,28)(H,25,27,29). The van der Waals surface area contributed by atoms with Crippen LogP contribution in [0.1, 0.15) is 6.42 Å². The topological polar surface area (TPSA) is 91.8 Å². The Labute approximate surface area is 183 Å². The molecule has 1 aliphatic rings. The number of nitrogens with zero attached hydrogens (tertiary/aromatic N) is 1. The molecule has 0 spiro atoms. The van der Waals surface area contributed by atoms with Crippen molar-refractivity contribution in [3.8, 4) is 11.5 Å². The molecule has 0 aromatic heterocycles. The average Bonchev–Trinajstić information content (AvgIpc) is 3.14. The molecule has 31 heavy (non-hydrogen) atoms. The predicted octanol–water partition coefficient (Wildman–Crippen LogP) is 4.42. The van der Waals surface area contributed by atoms with Crippen LogP contribution < -0.4 is 20.8 Å². The second kappa shape index (κ2) is 9.82. The number of thioether (sulfide) groups is 1. The van der Waals surface area contributed by atoms with Crippen LogP contribution in [0.15, 0.2) is 90.0 Å². The van der Waals surface area contributed by atoms with E-state index in [1.54, 1.807) is 24.3 Å². The monoisotopic (exact) mass is 432 g/mol. The Morgan fingerprint density at radius 2 is 1.55 bits per heavy atom. The first-order valence-corrected chi connectivity index (χ1v) is 10.5. The minimum atomic E-state index is -0.531. The van der Waals surface area contributed by atoms with Crippen LogP contribution in [0.5, 0.6) is 11.5 Å². The van der Waals surface area contributed by atoms with Crippen LogP contribution in [0.4, 0.5) is 11.4 Å².